The van der Waals surface area contributed by atoms with Crippen molar-refractivity contribution in [2.24, 2.45) is 5.73 Å². The lowest BCUT2D eigenvalue weighted by Crippen LogP contribution is -2.36. The molecule has 0 aromatic heterocycles. The Bertz CT molecular complexity index is 661. The molecule has 0 aliphatic carbocycles. The van der Waals surface area contributed by atoms with E-state index in [1.807, 2.05) is 30.2 Å². The second-order valence-corrected chi connectivity index (χ2v) is 6.16. The molecule has 5 heteroatoms. The molecular formula is C16H17FN2OS. The zero-order valence-corrected chi connectivity index (χ0v) is 12.7. The van der Waals surface area contributed by atoms with Crippen molar-refractivity contribution in [2.75, 3.05) is 0 Å². The number of halogens is 1. The number of thioether (sulfide) groups is 1. The summed E-state index contributed by atoms with van der Waals surface area (Å²) in [5.41, 5.74) is 9.47. The van der Waals surface area contributed by atoms with E-state index < -0.39 is 6.23 Å². The van der Waals surface area contributed by atoms with Crippen LogP contribution >= 0.6 is 11.8 Å². The van der Waals surface area contributed by atoms with Crippen molar-refractivity contribution in [2.45, 2.75) is 26.1 Å². The largest absolute Gasteiger partial charge is 0.369 e. The number of hydrogen-bond acceptors (Lipinski definition) is 4. The fraction of sp³-hybridized carbons (Fsp3) is 0.250. The second-order valence-electron chi connectivity index (χ2n) is 5.27. The van der Waals surface area contributed by atoms with E-state index >= 15 is 0 Å². The maximum atomic E-state index is 13.1. The first-order chi connectivity index (χ1) is 9.99. The van der Waals surface area contributed by atoms with Crippen LogP contribution in [0, 0.1) is 5.82 Å². The third kappa shape index (κ3) is 2.41. The molecule has 1 aromatic rings. The highest BCUT2D eigenvalue weighted by Crippen LogP contribution is 2.44. The van der Waals surface area contributed by atoms with Crippen molar-refractivity contribution in [1.82, 2.24) is 4.90 Å². The average molecular weight is 304 g/mol. The van der Waals surface area contributed by atoms with Crippen LogP contribution in [-0.2, 0) is 0 Å². The van der Waals surface area contributed by atoms with Gasteiger partial charge in [-0.3, -0.25) is 0 Å². The summed E-state index contributed by atoms with van der Waals surface area (Å²) >= 11 is 1.57. The van der Waals surface area contributed by atoms with Gasteiger partial charge in [0.15, 0.2) is 6.23 Å². The van der Waals surface area contributed by atoms with Gasteiger partial charge >= 0.3 is 0 Å². The van der Waals surface area contributed by atoms with Crippen LogP contribution in [0.3, 0.4) is 0 Å². The minimum absolute atomic E-state index is 0.212. The predicted octanol–water partition coefficient (Wildman–Crippen LogP) is 3.01. The highest BCUT2D eigenvalue weighted by atomic mass is 32.2. The van der Waals surface area contributed by atoms with Crippen LogP contribution in [0.25, 0.3) is 5.57 Å². The summed E-state index contributed by atoms with van der Waals surface area (Å²) in [4.78, 5) is 1.87. The maximum absolute atomic E-state index is 13.1. The predicted molar refractivity (Wildman–Crippen MR) is 84.2 cm³/mol. The van der Waals surface area contributed by atoms with Gasteiger partial charge in [0.25, 0.3) is 0 Å². The zero-order valence-electron chi connectivity index (χ0n) is 11.9. The van der Waals surface area contributed by atoms with Gasteiger partial charge in [-0.05, 0) is 48.6 Å². The van der Waals surface area contributed by atoms with E-state index in [1.165, 1.54) is 12.1 Å². The molecule has 0 saturated heterocycles. The lowest BCUT2D eigenvalue weighted by atomic mass is 9.91. The topological polar surface area (TPSA) is 49.5 Å². The van der Waals surface area contributed by atoms with Gasteiger partial charge in [-0.25, -0.2) is 4.39 Å². The van der Waals surface area contributed by atoms with Crippen molar-refractivity contribution in [3.63, 3.8) is 0 Å². The Morgan fingerprint density at radius 3 is 2.62 bits per heavy atom. The second kappa shape index (κ2) is 5.33. The molecule has 2 unspecified atom stereocenters. The number of rotatable bonds is 2. The molecular weight excluding hydrogens is 287 g/mol. The molecule has 21 heavy (non-hydrogen) atoms. The highest BCUT2D eigenvalue weighted by Gasteiger charge is 2.34. The lowest BCUT2D eigenvalue weighted by Gasteiger charge is -2.35. The Morgan fingerprint density at radius 2 is 2.00 bits per heavy atom. The van der Waals surface area contributed by atoms with Crippen molar-refractivity contribution >= 4 is 17.3 Å². The molecule has 0 spiro atoms. The summed E-state index contributed by atoms with van der Waals surface area (Å²) in [6.07, 6.45) is 1.20. The maximum Gasteiger partial charge on any atom is 0.158 e. The van der Waals surface area contributed by atoms with Crippen molar-refractivity contribution < 1.29 is 9.50 Å². The van der Waals surface area contributed by atoms with Gasteiger partial charge in [-0.1, -0.05) is 23.9 Å². The van der Waals surface area contributed by atoms with Crippen LogP contribution in [0.2, 0.25) is 0 Å². The standard InChI is InChI=1S/C16H17FN2OS/c1-9-8-21-14-7-13(10(2)18)15(16(20)19(9)14)11-3-5-12(17)6-4-11/h3-8,10,16,20H,18H2,1-2H3. The monoisotopic (exact) mass is 304 g/mol. The van der Waals surface area contributed by atoms with E-state index in [1.54, 1.807) is 23.9 Å². The quantitative estimate of drug-likeness (QED) is 0.882. The van der Waals surface area contributed by atoms with Gasteiger partial charge in [0, 0.05) is 17.3 Å². The van der Waals surface area contributed by atoms with Crippen molar-refractivity contribution in [3.05, 3.63) is 63.4 Å². The van der Waals surface area contributed by atoms with Gasteiger partial charge in [-0.15, -0.1) is 0 Å². The van der Waals surface area contributed by atoms with E-state index in [9.17, 15) is 9.50 Å². The van der Waals surface area contributed by atoms with E-state index in [-0.39, 0.29) is 11.9 Å². The van der Waals surface area contributed by atoms with Gasteiger partial charge in [0.2, 0.25) is 0 Å². The van der Waals surface area contributed by atoms with Crippen LogP contribution in [0.5, 0.6) is 0 Å². The Morgan fingerprint density at radius 1 is 1.33 bits per heavy atom. The molecule has 1 aromatic carbocycles. The molecule has 2 aliphatic rings. The molecule has 110 valence electrons. The molecule has 3 nitrogen and oxygen atoms in total. The highest BCUT2D eigenvalue weighted by molar-refractivity contribution is 8.06. The van der Waals surface area contributed by atoms with E-state index in [0.717, 1.165) is 27.4 Å². The van der Waals surface area contributed by atoms with Crippen LogP contribution < -0.4 is 5.73 Å². The van der Waals surface area contributed by atoms with Gasteiger partial charge in [-0.2, -0.15) is 0 Å². The molecule has 0 radical (unpaired) electrons. The Balaban J connectivity index is 2.14. The minimum atomic E-state index is -0.803. The minimum Gasteiger partial charge on any atom is -0.369 e. The number of nitrogens with two attached hydrogens (primary N) is 1. The molecule has 2 atom stereocenters. The number of hydrogen-bond donors (Lipinski definition) is 2. The Hall–Kier alpha value is -1.56. The molecule has 2 aliphatic heterocycles. The number of benzene rings is 1. The molecule has 0 amide bonds. The summed E-state index contributed by atoms with van der Waals surface area (Å²) < 4.78 is 13.1. The third-order valence-electron chi connectivity index (χ3n) is 3.71. The molecule has 0 saturated carbocycles. The number of aliphatic hydroxyl groups is 1. The molecule has 3 N–H and O–H groups in total. The number of allylic oxidation sites excluding steroid dienone is 1. The summed E-state index contributed by atoms with van der Waals surface area (Å²) in [7, 11) is 0. The fourth-order valence-corrected chi connectivity index (χ4v) is 3.62. The SMILES string of the molecule is CC1=CSC2=CC(C(C)N)=C(c3ccc(F)cc3)C(O)N12. The van der Waals surface area contributed by atoms with Crippen LogP contribution in [0.15, 0.2) is 52.0 Å². The van der Waals surface area contributed by atoms with Crippen molar-refractivity contribution in [3.8, 4) is 0 Å². The Kier molecular flexibility index (Phi) is 3.65. The normalized spacial score (nSPS) is 22.9. The van der Waals surface area contributed by atoms with Crippen molar-refractivity contribution in [1.29, 1.82) is 0 Å². The van der Waals surface area contributed by atoms with Gasteiger partial charge < -0.3 is 15.7 Å². The molecule has 0 bridgehead atoms. The van der Waals surface area contributed by atoms with Crippen LogP contribution in [0.4, 0.5) is 4.39 Å². The van der Waals surface area contributed by atoms with E-state index in [0.29, 0.717) is 0 Å². The number of aliphatic hydroxyl groups excluding tert-OH is 1. The molecule has 0 fully saturated rings. The van der Waals surface area contributed by atoms with E-state index in [4.69, 9.17) is 5.73 Å². The first kappa shape index (κ1) is 14.4. The fourth-order valence-electron chi connectivity index (χ4n) is 2.66. The van der Waals surface area contributed by atoms with Gasteiger partial charge in [0.05, 0.1) is 5.03 Å². The first-order valence-electron chi connectivity index (χ1n) is 6.77. The number of fused-ring (bicyclic) bond motifs is 1. The summed E-state index contributed by atoms with van der Waals surface area (Å²) in [6, 6.07) is 5.94. The first-order valence-corrected chi connectivity index (χ1v) is 7.65. The number of nitrogens with zero attached hydrogens (tertiary/aromatic N) is 1. The molecule has 2 heterocycles. The summed E-state index contributed by atoms with van der Waals surface area (Å²) in [5.74, 6) is -0.295. The van der Waals surface area contributed by atoms with Crippen LogP contribution in [-0.4, -0.2) is 22.3 Å². The summed E-state index contributed by atoms with van der Waals surface area (Å²) in [5, 5.41) is 13.7. The lowest BCUT2D eigenvalue weighted by molar-refractivity contribution is 0.109. The van der Waals surface area contributed by atoms with Crippen LogP contribution in [0.1, 0.15) is 19.4 Å². The third-order valence-corrected chi connectivity index (χ3v) is 4.72. The molecule has 3 rings (SSSR count). The zero-order chi connectivity index (χ0) is 15.1. The smallest absolute Gasteiger partial charge is 0.158 e. The average Bonchev–Trinajstić information content (AvgIpc) is 2.82. The van der Waals surface area contributed by atoms with Gasteiger partial charge in [0.1, 0.15) is 5.82 Å². The summed E-state index contributed by atoms with van der Waals surface area (Å²) in [6.45, 7) is 3.84. The Labute approximate surface area is 127 Å². The van der Waals surface area contributed by atoms with E-state index in [2.05, 4.69) is 0 Å².